The monoisotopic (exact) mass is 648 g/mol. The van der Waals surface area contributed by atoms with Crippen molar-refractivity contribution in [1.82, 2.24) is 19.9 Å². The number of nitrogens with zero attached hydrogens (tertiary/aromatic N) is 4. The fraction of sp³-hybridized carbons (Fsp3) is 0. The molecule has 0 atom stereocenters. The fourth-order valence-electron chi connectivity index (χ4n) is 6.67. The summed E-state index contributed by atoms with van der Waals surface area (Å²) >= 11 is 3.58. The van der Waals surface area contributed by atoms with E-state index < -0.39 is 0 Å². The van der Waals surface area contributed by atoms with Crippen LogP contribution in [0.25, 0.3) is 96.7 Å². The first kappa shape index (κ1) is 27.3. The molecule has 4 nitrogen and oxygen atoms in total. The van der Waals surface area contributed by atoms with E-state index in [1.54, 1.807) is 11.3 Å². The number of aromatic nitrogens is 4. The highest BCUT2D eigenvalue weighted by molar-refractivity contribution is 7.29. The lowest BCUT2D eigenvalue weighted by molar-refractivity contribution is 1.08. The van der Waals surface area contributed by atoms with Gasteiger partial charge in [-0.15, -0.1) is 22.7 Å². The Morgan fingerprint density at radius 1 is 0.375 bits per heavy atom. The third-order valence-electron chi connectivity index (χ3n) is 8.94. The van der Waals surface area contributed by atoms with E-state index in [1.165, 1.54) is 41.7 Å². The van der Waals surface area contributed by atoms with Gasteiger partial charge in [-0.2, -0.15) is 0 Å². The summed E-state index contributed by atoms with van der Waals surface area (Å²) in [5.41, 5.74) is 4.93. The molecule has 0 unspecified atom stereocenters. The van der Waals surface area contributed by atoms with Gasteiger partial charge in [0.05, 0.1) is 10.2 Å². The van der Waals surface area contributed by atoms with Gasteiger partial charge in [0.1, 0.15) is 5.01 Å². The minimum Gasteiger partial charge on any atom is -0.236 e. The lowest BCUT2D eigenvalue weighted by Gasteiger charge is -2.09. The maximum Gasteiger partial charge on any atom is 0.165 e. The second-order valence-electron chi connectivity index (χ2n) is 11.8. The van der Waals surface area contributed by atoms with Crippen molar-refractivity contribution < 1.29 is 0 Å². The zero-order valence-electron chi connectivity index (χ0n) is 25.5. The van der Waals surface area contributed by atoms with Gasteiger partial charge in [0.15, 0.2) is 17.5 Å². The van der Waals surface area contributed by atoms with Crippen molar-refractivity contribution in [3.8, 4) is 44.7 Å². The van der Waals surface area contributed by atoms with E-state index in [0.717, 1.165) is 37.5 Å². The Kier molecular flexibility index (Phi) is 6.19. The smallest absolute Gasteiger partial charge is 0.165 e. The highest BCUT2D eigenvalue weighted by Crippen LogP contribution is 2.48. The van der Waals surface area contributed by atoms with Crippen molar-refractivity contribution in [3.05, 3.63) is 146 Å². The van der Waals surface area contributed by atoms with Crippen LogP contribution < -0.4 is 0 Å². The van der Waals surface area contributed by atoms with E-state index in [2.05, 4.69) is 103 Å². The van der Waals surface area contributed by atoms with Gasteiger partial charge in [-0.25, -0.2) is 19.9 Å². The molecule has 0 saturated heterocycles. The van der Waals surface area contributed by atoms with Crippen LogP contribution in [0.4, 0.5) is 0 Å². The van der Waals surface area contributed by atoms with Crippen LogP contribution >= 0.6 is 22.7 Å². The second-order valence-corrected chi connectivity index (χ2v) is 13.8. The maximum absolute atomic E-state index is 5.22. The molecule has 3 aromatic heterocycles. The van der Waals surface area contributed by atoms with E-state index >= 15 is 0 Å². The first-order valence-corrected chi connectivity index (χ1v) is 17.4. The predicted octanol–water partition coefficient (Wildman–Crippen LogP) is 11.8. The first-order chi connectivity index (χ1) is 23.8. The standard InChI is InChI=1S/C42H24N4S2/c1-4-13-26(14-5-1)39-44-40(27-15-6-2-7-16-27)46-41(45-39)33-24-34-38(48-42(43-34)28-17-8-3-9-18-28)35-32-23-22-30-29-19-11-10-12-25(29)20-21-31(30)36(32)47-37(33)35/h1-24H. The maximum atomic E-state index is 5.22. The Morgan fingerprint density at radius 2 is 0.958 bits per heavy atom. The van der Waals surface area contributed by atoms with Crippen LogP contribution in [0.3, 0.4) is 0 Å². The van der Waals surface area contributed by atoms with E-state index in [0.29, 0.717) is 17.5 Å². The number of fused-ring (bicyclic) bond motifs is 9. The van der Waals surface area contributed by atoms with Gasteiger partial charge in [-0.3, -0.25) is 0 Å². The van der Waals surface area contributed by atoms with Gasteiger partial charge in [0, 0.05) is 47.8 Å². The van der Waals surface area contributed by atoms with E-state index in [4.69, 9.17) is 19.9 Å². The molecule has 0 amide bonds. The van der Waals surface area contributed by atoms with Gasteiger partial charge in [-0.1, -0.05) is 140 Å². The van der Waals surface area contributed by atoms with Crippen molar-refractivity contribution in [3.63, 3.8) is 0 Å². The minimum absolute atomic E-state index is 0.644. The highest BCUT2D eigenvalue weighted by atomic mass is 32.1. The SMILES string of the molecule is c1ccc(-c2nc(-c3ccccc3)nc(-c3cc4nc(-c5ccccc5)sc4c4c3sc3c5ccc6ccccc6c5ccc34)n2)cc1. The van der Waals surface area contributed by atoms with Crippen LogP contribution in [-0.2, 0) is 0 Å². The number of benzene rings is 7. The molecule has 3 heterocycles. The first-order valence-electron chi connectivity index (χ1n) is 15.8. The Labute approximate surface area is 283 Å². The lowest BCUT2D eigenvalue weighted by Crippen LogP contribution is -2.00. The van der Waals surface area contributed by atoms with Crippen LogP contribution in [-0.4, -0.2) is 19.9 Å². The zero-order valence-corrected chi connectivity index (χ0v) is 27.1. The van der Waals surface area contributed by atoms with Crippen molar-refractivity contribution in [1.29, 1.82) is 0 Å². The number of hydrogen-bond acceptors (Lipinski definition) is 6. The lowest BCUT2D eigenvalue weighted by atomic mass is 9.99. The molecule has 7 aromatic carbocycles. The number of hydrogen-bond donors (Lipinski definition) is 0. The average molecular weight is 649 g/mol. The number of thiazole rings is 1. The summed E-state index contributed by atoms with van der Waals surface area (Å²) in [4.78, 5) is 20.5. The van der Waals surface area contributed by atoms with E-state index in [9.17, 15) is 0 Å². The van der Waals surface area contributed by atoms with Crippen LogP contribution in [0.1, 0.15) is 0 Å². The van der Waals surface area contributed by atoms with Crippen LogP contribution in [0.5, 0.6) is 0 Å². The molecule has 10 aromatic rings. The molecular weight excluding hydrogens is 625 g/mol. The summed E-state index contributed by atoms with van der Waals surface area (Å²) in [6, 6.07) is 50.7. The molecule has 0 aliphatic heterocycles. The number of rotatable bonds is 4. The fourth-order valence-corrected chi connectivity index (χ4v) is 9.19. The molecule has 0 aliphatic rings. The van der Waals surface area contributed by atoms with Crippen molar-refractivity contribution in [2.75, 3.05) is 0 Å². The third-order valence-corrected chi connectivity index (χ3v) is 11.4. The van der Waals surface area contributed by atoms with Gasteiger partial charge in [-0.05, 0) is 22.2 Å². The van der Waals surface area contributed by atoms with Crippen molar-refractivity contribution >= 4 is 74.6 Å². The van der Waals surface area contributed by atoms with Gasteiger partial charge in [0.25, 0.3) is 0 Å². The minimum atomic E-state index is 0.644. The Hall–Kier alpha value is -5.82. The topological polar surface area (TPSA) is 51.6 Å². The average Bonchev–Trinajstić information content (AvgIpc) is 3.77. The highest BCUT2D eigenvalue weighted by Gasteiger charge is 2.22. The summed E-state index contributed by atoms with van der Waals surface area (Å²) < 4.78 is 3.60. The van der Waals surface area contributed by atoms with Gasteiger partial charge < -0.3 is 0 Å². The molecule has 0 spiro atoms. The molecule has 0 fully saturated rings. The Bertz CT molecular complexity index is 2770. The summed E-state index contributed by atoms with van der Waals surface area (Å²) in [6.07, 6.45) is 0. The summed E-state index contributed by atoms with van der Waals surface area (Å²) in [7, 11) is 0. The van der Waals surface area contributed by atoms with E-state index in [-0.39, 0.29) is 0 Å². The molecule has 224 valence electrons. The van der Waals surface area contributed by atoms with Gasteiger partial charge >= 0.3 is 0 Å². The van der Waals surface area contributed by atoms with E-state index in [1.807, 2.05) is 53.8 Å². The Balaban J connectivity index is 1.32. The third kappa shape index (κ3) is 4.34. The second kappa shape index (κ2) is 10.9. The summed E-state index contributed by atoms with van der Waals surface area (Å²) in [5.74, 6) is 1.94. The summed E-state index contributed by atoms with van der Waals surface area (Å²) in [6.45, 7) is 0. The molecule has 0 N–H and O–H groups in total. The van der Waals surface area contributed by atoms with Crippen LogP contribution in [0.2, 0.25) is 0 Å². The molecule has 0 saturated carbocycles. The van der Waals surface area contributed by atoms with Crippen LogP contribution in [0.15, 0.2) is 146 Å². The molecule has 48 heavy (non-hydrogen) atoms. The van der Waals surface area contributed by atoms with Crippen LogP contribution in [0, 0.1) is 0 Å². The van der Waals surface area contributed by atoms with Gasteiger partial charge in [0.2, 0.25) is 0 Å². The largest absolute Gasteiger partial charge is 0.236 e. The van der Waals surface area contributed by atoms with Crippen molar-refractivity contribution in [2.45, 2.75) is 0 Å². The molecule has 0 radical (unpaired) electrons. The normalized spacial score (nSPS) is 11.8. The zero-order chi connectivity index (χ0) is 31.6. The molecular formula is C42H24N4S2. The summed E-state index contributed by atoms with van der Waals surface area (Å²) in [5, 5.41) is 8.47. The quantitative estimate of drug-likeness (QED) is 0.178. The molecule has 0 aliphatic carbocycles. The van der Waals surface area contributed by atoms with Crippen molar-refractivity contribution in [2.24, 2.45) is 0 Å². The predicted molar refractivity (Wildman–Crippen MR) is 203 cm³/mol. The molecule has 10 rings (SSSR count). The molecule has 0 bridgehead atoms. The molecule has 6 heteroatoms. The Morgan fingerprint density at radius 3 is 1.67 bits per heavy atom. The number of thiophene rings is 1.